The highest BCUT2D eigenvalue weighted by Gasteiger charge is 2.24. The molecule has 1 N–H and O–H groups in total. The summed E-state index contributed by atoms with van der Waals surface area (Å²) in [5.74, 6) is 1.46. The van der Waals surface area contributed by atoms with Gasteiger partial charge >= 0.3 is 6.09 Å². The number of unbranched alkanes of at least 4 members (excludes halogenated alkanes) is 1. The molecule has 8 nitrogen and oxygen atoms in total. The van der Waals surface area contributed by atoms with Gasteiger partial charge in [0.15, 0.2) is 0 Å². The van der Waals surface area contributed by atoms with Gasteiger partial charge in [-0.1, -0.05) is 33.3 Å². The molecule has 0 aliphatic rings. The van der Waals surface area contributed by atoms with Crippen LogP contribution < -0.4 is 4.72 Å². The molecule has 3 rings (SSSR count). The maximum absolute atomic E-state index is 13.0. The monoisotopic (exact) mass is 459 g/mol. The fourth-order valence-electron chi connectivity index (χ4n) is 3.27. The zero-order valence-electron chi connectivity index (χ0n) is 18.6. The van der Waals surface area contributed by atoms with Crippen molar-refractivity contribution in [1.82, 2.24) is 14.3 Å². The van der Waals surface area contributed by atoms with Crippen molar-refractivity contribution in [2.24, 2.45) is 5.92 Å². The Morgan fingerprint density at radius 2 is 2.06 bits per heavy atom. The van der Waals surface area contributed by atoms with E-state index in [0.717, 1.165) is 18.4 Å². The SMILES string of the molecule is CCCCOC(=O)NS(=O)(=O)c1ccc(CC(C)C)cc1-c1ccc(Cn2ccnc2)o1. The number of carbonyl (C=O) groups is 1. The fourth-order valence-corrected chi connectivity index (χ4v) is 4.36. The number of amides is 1. The second kappa shape index (κ2) is 10.5. The van der Waals surface area contributed by atoms with E-state index in [9.17, 15) is 13.2 Å². The first-order chi connectivity index (χ1) is 15.3. The number of benzene rings is 1. The summed E-state index contributed by atoms with van der Waals surface area (Å²) < 4.78 is 40.8. The van der Waals surface area contributed by atoms with Gasteiger partial charge in [0.05, 0.1) is 24.4 Å². The molecule has 0 saturated heterocycles. The summed E-state index contributed by atoms with van der Waals surface area (Å²) in [7, 11) is -4.16. The quantitative estimate of drug-likeness (QED) is 0.444. The number of hydrogen-bond acceptors (Lipinski definition) is 6. The van der Waals surface area contributed by atoms with Crippen LogP contribution in [0.5, 0.6) is 0 Å². The van der Waals surface area contributed by atoms with Crippen LogP contribution in [-0.4, -0.2) is 30.7 Å². The largest absolute Gasteiger partial charge is 0.459 e. The topological polar surface area (TPSA) is 103 Å². The molecule has 0 saturated carbocycles. The lowest BCUT2D eigenvalue weighted by Gasteiger charge is -2.13. The van der Waals surface area contributed by atoms with Crippen molar-refractivity contribution in [2.45, 2.75) is 51.5 Å². The Labute approximate surface area is 188 Å². The lowest BCUT2D eigenvalue weighted by atomic mass is 10.0. The number of ether oxygens (including phenoxy) is 1. The molecule has 0 radical (unpaired) electrons. The van der Waals surface area contributed by atoms with Crippen molar-refractivity contribution in [3.63, 3.8) is 0 Å². The Balaban J connectivity index is 1.92. The summed E-state index contributed by atoms with van der Waals surface area (Å²) in [6.45, 7) is 6.76. The van der Waals surface area contributed by atoms with Gasteiger partial charge in [-0.15, -0.1) is 0 Å². The number of imidazole rings is 1. The lowest BCUT2D eigenvalue weighted by Crippen LogP contribution is -2.31. The Hall–Kier alpha value is -3.07. The Bertz CT molecular complexity index is 1130. The third-order valence-corrected chi connectivity index (χ3v) is 6.12. The van der Waals surface area contributed by atoms with Crippen LogP contribution in [0.3, 0.4) is 0 Å². The number of furan rings is 1. The van der Waals surface area contributed by atoms with E-state index in [0.29, 0.717) is 36.0 Å². The molecule has 3 aromatic rings. The first-order valence-electron chi connectivity index (χ1n) is 10.7. The van der Waals surface area contributed by atoms with Crippen LogP contribution in [0.4, 0.5) is 4.79 Å². The standard InChI is InChI=1S/C23H29N3O5S/c1-4-5-12-30-23(27)25-32(28,29)22-9-6-18(13-17(2)3)14-20(22)21-8-7-19(31-21)15-26-11-10-24-16-26/h6-11,14,16-17H,4-5,12-13,15H2,1-3H3,(H,25,27). The zero-order valence-corrected chi connectivity index (χ0v) is 19.4. The van der Waals surface area contributed by atoms with E-state index >= 15 is 0 Å². The maximum Gasteiger partial charge on any atom is 0.421 e. The summed E-state index contributed by atoms with van der Waals surface area (Å²) in [6.07, 6.45) is 6.45. The highest BCUT2D eigenvalue weighted by atomic mass is 32.2. The van der Waals surface area contributed by atoms with Crippen molar-refractivity contribution < 1.29 is 22.4 Å². The van der Waals surface area contributed by atoms with Gasteiger partial charge in [0.25, 0.3) is 10.0 Å². The molecule has 0 aliphatic carbocycles. The predicted molar refractivity (Wildman–Crippen MR) is 121 cm³/mol. The van der Waals surface area contributed by atoms with E-state index in [1.165, 1.54) is 6.07 Å². The number of aromatic nitrogens is 2. The van der Waals surface area contributed by atoms with E-state index in [-0.39, 0.29) is 11.5 Å². The molecule has 32 heavy (non-hydrogen) atoms. The van der Waals surface area contributed by atoms with E-state index in [1.54, 1.807) is 36.8 Å². The average Bonchev–Trinajstić information content (AvgIpc) is 3.40. The Kier molecular flexibility index (Phi) is 7.74. The molecular weight excluding hydrogens is 430 g/mol. The summed E-state index contributed by atoms with van der Waals surface area (Å²) in [4.78, 5) is 16.0. The second-order valence-electron chi connectivity index (χ2n) is 8.02. The number of carbonyl (C=O) groups excluding carboxylic acids is 1. The summed E-state index contributed by atoms with van der Waals surface area (Å²) >= 11 is 0. The van der Waals surface area contributed by atoms with Crippen LogP contribution in [0.2, 0.25) is 0 Å². The minimum atomic E-state index is -4.16. The van der Waals surface area contributed by atoms with Gasteiger partial charge in [0.1, 0.15) is 11.5 Å². The van der Waals surface area contributed by atoms with Crippen molar-refractivity contribution in [3.05, 3.63) is 60.4 Å². The van der Waals surface area contributed by atoms with Crippen molar-refractivity contribution in [3.8, 4) is 11.3 Å². The molecule has 9 heteroatoms. The van der Waals surface area contributed by atoms with Crippen LogP contribution in [0.15, 0.2) is 58.4 Å². The third-order valence-electron chi connectivity index (χ3n) is 4.75. The number of sulfonamides is 1. The number of hydrogen-bond donors (Lipinski definition) is 1. The number of nitrogens with one attached hydrogen (secondary N) is 1. The van der Waals surface area contributed by atoms with Gasteiger partial charge < -0.3 is 13.7 Å². The minimum Gasteiger partial charge on any atom is -0.459 e. The fraction of sp³-hybridized carbons (Fsp3) is 0.391. The third kappa shape index (κ3) is 6.23. The van der Waals surface area contributed by atoms with Crippen LogP contribution in [0.1, 0.15) is 44.9 Å². The van der Waals surface area contributed by atoms with Crippen LogP contribution >= 0.6 is 0 Å². The van der Waals surface area contributed by atoms with Crippen LogP contribution in [0.25, 0.3) is 11.3 Å². The minimum absolute atomic E-state index is 0.0408. The molecule has 2 aromatic heterocycles. The first-order valence-corrected chi connectivity index (χ1v) is 12.1. The van der Waals surface area contributed by atoms with Crippen molar-refractivity contribution in [2.75, 3.05) is 6.61 Å². The van der Waals surface area contributed by atoms with Crippen LogP contribution in [-0.2, 0) is 27.7 Å². The summed E-state index contributed by atoms with van der Waals surface area (Å²) in [5.41, 5.74) is 1.38. The maximum atomic E-state index is 13.0. The molecule has 2 heterocycles. The van der Waals surface area contributed by atoms with Gasteiger partial charge in [0, 0.05) is 18.0 Å². The van der Waals surface area contributed by atoms with Crippen molar-refractivity contribution >= 4 is 16.1 Å². The van der Waals surface area contributed by atoms with E-state index in [4.69, 9.17) is 9.15 Å². The van der Waals surface area contributed by atoms with Gasteiger partial charge in [-0.05, 0) is 48.6 Å². The second-order valence-corrected chi connectivity index (χ2v) is 9.68. The molecule has 0 aliphatic heterocycles. The average molecular weight is 460 g/mol. The van der Waals surface area contributed by atoms with E-state index in [1.807, 2.05) is 22.4 Å². The molecule has 0 unspecified atom stereocenters. The molecule has 0 atom stereocenters. The number of rotatable bonds is 10. The highest BCUT2D eigenvalue weighted by molar-refractivity contribution is 7.90. The van der Waals surface area contributed by atoms with Gasteiger partial charge in [-0.2, -0.15) is 0 Å². The highest BCUT2D eigenvalue weighted by Crippen LogP contribution is 2.31. The molecule has 0 fully saturated rings. The predicted octanol–water partition coefficient (Wildman–Crippen LogP) is 4.60. The van der Waals surface area contributed by atoms with E-state index in [2.05, 4.69) is 18.8 Å². The van der Waals surface area contributed by atoms with Gasteiger partial charge in [-0.25, -0.2) is 22.9 Å². The van der Waals surface area contributed by atoms with Gasteiger partial charge in [-0.3, -0.25) is 0 Å². The number of nitrogens with zero attached hydrogens (tertiary/aromatic N) is 2. The molecule has 1 aromatic carbocycles. The first kappa shape index (κ1) is 23.6. The van der Waals surface area contributed by atoms with Crippen molar-refractivity contribution in [1.29, 1.82) is 0 Å². The lowest BCUT2D eigenvalue weighted by molar-refractivity contribution is 0.151. The zero-order chi connectivity index (χ0) is 23.1. The summed E-state index contributed by atoms with van der Waals surface area (Å²) in [6, 6.07) is 8.60. The summed E-state index contributed by atoms with van der Waals surface area (Å²) in [5, 5.41) is 0. The molecule has 172 valence electrons. The van der Waals surface area contributed by atoms with E-state index < -0.39 is 16.1 Å². The van der Waals surface area contributed by atoms with Crippen LogP contribution in [0, 0.1) is 5.92 Å². The normalized spacial score (nSPS) is 11.6. The Morgan fingerprint density at radius 3 is 2.75 bits per heavy atom. The Morgan fingerprint density at radius 1 is 1.25 bits per heavy atom. The molecule has 0 spiro atoms. The molecule has 1 amide bonds. The smallest absolute Gasteiger partial charge is 0.421 e. The molecule has 0 bridgehead atoms. The molecular formula is C23H29N3O5S. The van der Waals surface area contributed by atoms with Gasteiger partial charge in [0.2, 0.25) is 0 Å².